The fraction of sp³-hybridized carbons (Fsp3) is 0.190. The van der Waals surface area contributed by atoms with Crippen molar-refractivity contribution in [2.75, 3.05) is 11.9 Å². The number of amides is 2. The van der Waals surface area contributed by atoms with E-state index in [1.165, 1.54) is 12.1 Å². The second-order valence-electron chi connectivity index (χ2n) is 6.73. The summed E-state index contributed by atoms with van der Waals surface area (Å²) in [7, 11) is 0. The number of anilines is 1. The van der Waals surface area contributed by atoms with E-state index in [0.29, 0.717) is 28.9 Å². The molecule has 0 saturated carbocycles. The van der Waals surface area contributed by atoms with Gasteiger partial charge in [0.25, 0.3) is 0 Å². The summed E-state index contributed by atoms with van der Waals surface area (Å²) < 4.78 is 17.5. The predicted molar refractivity (Wildman–Crippen MR) is 110 cm³/mol. The number of hydrogen-bond acceptors (Lipinski definition) is 3. The van der Waals surface area contributed by atoms with Crippen LogP contribution in [0.5, 0.6) is 0 Å². The number of nitrogens with zero attached hydrogens (tertiary/aromatic N) is 2. The number of carbonyl (C=O) groups excluding carboxylic acids is 2. The van der Waals surface area contributed by atoms with Crippen LogP contribution in [0.1, 0.15) is 31.2 Å². The SMILES string of the molecule is Cc1[se]c(/C=C2\C(=O)Nc3ccc(F)cc32)cc1C(=O)NCCCn1ccnc1. The quantitative estimate of drug-likeness (QED) is 0.340. The summed E-state index contributed by atoms with van der Waals surface area (Å²) >= 11 is -0.0488. The first kappa shape index (κ1) is 19.4. The van der Waals surface area contributed by atoms with Crippen LogP contribution in [0, 0.1) is 12.7 Å². The van der Waals surface area contributed by atoms with Crippen LogP contribution in [0.3, 0.4) is 0 Å². The number of benzene rings is 1. The standard InChI is InChI=1S/C21H19FN4O2Se/c1-13-16(20(27)24-5-2-7-26-8-6-23-12-26)10-15(29-13)11-18-17-9-14(22)3-4-19(17)25-21(18)28/h3-4,6,8-12H,2,5,7H2,1H3,(H,24,27)(H,25,28)/b18-11-. The Balaban J connectivity index is 1.45. The van der Waals surface area contributed by atoms with Crippen molar-refractivity contribution in [3.8, 4) is 0 Å². The van der Waals surface area contributed by atoms with E-state index in [1.807, 2.05) is 23.8 Å². The first-order valence-electron chi connectivity index (χ1n) is 9.18. The number of carbonyl (C=O) groups is 2. The van der Waals surface area contributed by atoms with Gasteiger partial charge in [0.2, 0.25) is 0 Å². The Hall–Kier alpha value is -2.96. The van der Waals surface area contributed by atoms with Crippen molar-refractivity contribution in [3.05, 3.63) is 68.8 Å². The zero-order chi connectivity index (χ0) is 20.4. The van der Waals surface area contributed by atoms with E-state index >= 15 is 0 Å². The van der Waals surface area contributed by atoms with Crippen LogP contribution < -0.4 is 10.6 Å². The number of aromatic nitrogens is 2. The van der Waals surface area contributed by atoms with E-state index in [4.69, 9.17) is 0 Å². The van der Waals surface area contributed by atoms with Gasteiger partial charge in [-0.05, 0) is 0 Å². The van der Waals surface area contributed by atoms with Gasteiger partial charge in [-0.2, -0.15) is 0 Å². The van der Waals surface area contributed by atoms with Crippen molar-refractivity contribution in [1.29, 1.82) is 0 Å². The van der Waals surface area contributed by atoms with Crippen LogP contribution in [-0.4, -0.2) is 42.4 Å². The van der Waals surface area contributed by atoms with Gasteiger partial charge in [0.1, 0.15) is 0 Å². The molecule has 3 heterocycles. The van der Waals surface area contributed by atoms with Crippen LogP contribution >= 0.6 is 0 Å². The van der Waals surface area contributed by atoms with Gasteiger partial charge in [0, 0.05) is 0 Å². The third-order valence-corrected chi connectivity index (χ3v) is 6.76. The normalized spacial score (nSPS) is 14.1. The minimum absolute atomic E-state index is 0.0488. The molecule has 1 aliphatic rings. The number of nitrogens with one attached hydrogen (secondary N) is 2. The molecule has 1 aliphatic heterocycles. The summed E-state index contributed by atoms with van der Waals surface area (Å²) in [5.41, 5.74) is 2.25. The first-order chi connectivity index (χ1) is 14.0. The molecule has 8 heteroatoms. The van der Waals surface area contributed by atoms with Crippen LogP contribution in [0.25, 0.3) is 11.6 Å². The molecule has 0 saturated heterocycles. The summed E-state index contributed by atoms with van der Waals surface area (Å²) in [6, 6.07) is 6.07. The number of halogens is 1. The molecule has 4 rings (SSSR count). The molecule has 0 radical (unpaired) electrons. The zero-order valence-corrected chi connectivity index (χ0v) is 17.5. The molecule has 0 aliphatic carbocycles. The number of aryl methyl sites for hydroxylation is 2. The third kappa shape index (κ3) is 4.23. The van der Waals surface area contributed by atoms with Crippen molar-refractivity contribution >= 4 is 43.7 Å². The summed E-state index contributed by atoms with van der Waals surface area (Å²) in [4.78, 5) is 28.8. The fourth-order valence-electron chi connectivity index (χ4n) is 3.23. The summed E-state index contributed by atoms with van der Waals surface area (Å²) in [6.07, 6.45) is 7.94. The number of fused-ring (bicyclic) bond motifs is 1. The molecular formula is C21H19FN4O2Se. The van der Waals surface area contributed by atoms with Crippen molar-refractivity contribution in [1.82, 2.24) is 14.9 Å². The van der Waals surface area contributed by atoms with Gasteiger partial charge >= 0.3 is 173 Å². The molecule has 148 valence electrons. The van der Waals surface area contributed by atoms with E-state index in [0.717, 1.165) is 21.8 Å². The van der Waals surface area contributed by atoms with E-state index in [1.54, 1.807) is 24.7 Å². The molecular weight excluding hydrogens is 438 g/mol. The average molecular weight is 457 g/mol. The Morgan fingerprint density at radius 2 is 2.24 bits per heavy atom. The van der Waals surface area contributed by atoms with Gasteiger partial charge < -0.3 is 0 Å². The van der Waals surface area contributed by atoms with E-state index in [-0.39, 0.29) is 32.1 Å². The summed E-state index contributed by atoms with van der Waals surface area (Å²) in [6.45, 7) is 3.30. The Bertz CT molecular complexity index is 1100. The average Bonchev–Trinajstić information content (AvgIpc) is 3.40. The monoisotopic (exact) mass is 458 g/mol. The number of rotatable bonds is 6. The Kier molecular flexibility index (Phi) is 5.47. The molecule has 2 amide bonds. The molecule has 2 aromatic heterocycles. The van der Waals surface area contributed by atoms with E-state index in [9.17, 15) is 14.0 Å². The van der Waals surface area contributed by atoms with Crippen LogP contribution in [0.4, 0.5) is 10.1 Å². The van der Waals surface area contributed by atoms with Gasteiger partial charge in [-0.1, -0.05) is 0 Å². The summed E-state index contributed by atoms with van der Waals surface area (Å²) in [5, 5.41) is 5.70. The number of hydrogen-bond donors (Lipinski definition) is 2. The van der Waals surface area contributed by atoms with Crippen molar-refractivity contribution < 1.29 is 14.0 Å². The van der Waals surface area contributed by atoms with Crippen LogP contribution in [0.15, 0.2) is 43.0 Å². The molecule has 29 heavy (non-hydrogen) atoms. The molecule has 0 atom stereocenters. The fourth-order valence-corrected chi connectivity index (χ4v) is 5.26. The summed E-state index contributed by atoms with van der Waals surface area (Å²) in [5.74, 6) is -0.745. The molecule has 6 nitrogen and oxygen atoms in total. The molecule has 2 N–H and O–H groups in total. The van der Waals surface area contributed by atoms with Gasteiger partial charge in [0.15, 0.2) is 0 Å². The van der Waals surface area contributed by atoms with Crippen LogP contribution in [0.2, 0.25) is 0 Å². The van der Waals surface area contributed by atoms with Gasteiger partial charge in [-0.3, -0.25) is 0 Å². The second-order valence-corrected chi connectivity index (χ2v) is 9.43. The maximum atomic E-state index is 13.6. The van der Waals surface area contributed by atoms with Crippen molar-refractivity contribution in [2.24, 2.45) is 0 Å². The molecule has 0 bridgehead atoms. The number of imidazole rings is 1. The molecule has 1 aromatic carbocycles. The molecule has 0 unspecified atom stereocenters. The zero-order valence-electron chi connectivity index (χ0n) is 15.7. The van der Waals surface area contributed by atoms with Gasteiger partial charge in [0.05, 0.1) is 0 Å². The first-order valence-corrected chi connectivity index (χ1v) is 10.9. The topological polar surface area (TPSA) is 76.0 Å². The maximum absolute atomic E-state index is 13.6. The van der Waals surface area contributed by atoms with Crippen LogP contribution in [-0.2, 0) is 11.3 Å². The van der Waals surface area contributed by atoms with E-state index < -0.39 is 0 Å². The Labute approximate surface area is 173 Å². The Morgan fingerprint density at radius 1 is 1.38 bits per heavy atom. The molecule has 0 fully saturated rings. The third-order valence-electron chi connectivity index (χ3n) is 4.67. The van der Waals surface area contributed by atoms with Gasteiger partial charge in [-0.25, -0.2) is 0 Å². The minimum atomic E-state index is -0.387. The van der Waals surface area contributed by atoms with Gasteiger partial charge in [-0.15, -0.1) is 0 Å². The second kappa shape index (κ2) is 8.19. The molecule has 0 spiro atoms. The molecule has 3 aromatic rings. The van der Waals surface area contributed by atoms with Crippen molar-refractivity contribution in [3.63, 3.8) is 0 Å². The predicted octanol–water partition coefficient (Wildman–Crippen LogP) is 2.70. The van der Waals surface area contributed by atoms with E-state index in [2.05, 4.69) is 15.6 Å². The Morgan fingerprint density at radius 3 is 3.03 bits per heavy atom. The van der Waals surface area contributed by atoms with Crippen molar-refractivity contribution in [2.45, 2.75) is 19.9 Å².